The van der Waals surface area contributed by atoms with Crippen molar-refractivity contribution in [3.63, 3.8) is 0 Å². The molecule has 80 heavy (non-hydrogen) atoms. The maximum Gasteiger partial charge on any atom is 0.306 e. The molecule has 6 nitrogen and oxygen atoms in total. The van der Waals surface area contributed by atoms with E-state index in [1.165, 1.54) is 83.5 Å². The molecule has 0 amide bonds. The second-order valence-corrected chi connectivity index (χ2v) is 21.3. The van der Waals surface area contributed by atoms with Crippen molar-refractivity contribution in [1.82, 2.24) is 0 Å². The Bertz CT molecular complexity index is 1750. The van der Waals surface area contributed by atoms with Gasteiger partial charge in [-0.3, -0.25) is 14.4 Å². The fourth-order valence-corrected chi connectivity index (χ4v) is 8.64. The van der Waals surface area contributed by atoms with Gasteiger partial charge in [0.15, 0.2) is 6.10 Å². The highest BCUT2D eigenvalue weighted by Gasteiger charge is 2.19. The van der Waals surface area contributed by atoms with Crippen LogP contribution in [0.15, 0.2) is 146 Å². The molecule has 0 aromatic rings. The summed E-state index contributed by atoms with van der Waals surface area (Å²) in [7, 11) is 0. The lowest BCUT2D eigenvalue weighted by Crippen LogP contribution is -2.30. The predicted molar refractivity (Wildman–Crippen MR) is 348 cm³/mol. The molecule has 0 aliphatic rings. The number of ether oxygens (including phenoxy) is 3. The van der Waals surface area contributed by atoms with E-state index in [4.69, 9.17) is 14.2 Å². The molecule has 0 aromatic heterocycles. The van der Waals surface area contributed by atoms with Gasteiger partial charge in [-0.1, -0.05) is 263 Å². The molecule has 0 N–H and O–H groups in total. The molecule has 0 aromatic carbocycles. The lowest BCUT2D eigenvalue weighted by Gasteiger charge is -2.18. The van der Waals surface area contributed by atoms with Crippen LogP contribution in [0.2, 0.25) is 0 Å². The van der Waals surface area contributed by atoms with Crippen LogP contribution in [0, 0.1) is 0 Å². The van der Waals surface area contributed by atoms with Gasteiger partial charge in [0.05, 0.1) is 0 Å². The molecule has 0 radical (unpaired) electrons. The Kier molecular flexibility index (Phi) is 62.9. The molecule has 0 saturated heterocycles. The maximum atomic E-state index is 12.9. The second-order valence-electron chi connectivity index (χ2n) is 21.3. The largest absolute Gasteiger partial charge is 0.462 e. The molecule has 0 heterocycles. The highest BCUT2D eigenvalue weighted by atomic mass is 16.6. The molecule has 0 bridgehead atoms. The molecule has 1 unspecified atom stereocenters. The van der Waals surface area contributed by atoms with Gasteiger partial charge in [0.1, 0.15) is 13.2 Å². The number of esters is 3. The monoisotopic (exact) mass is 1100 g/mol. The average Bonchev–Trinajstić information content (AvgIpc) is 3.46. The number of carbonyl (C=O) groups is 3. The zero-order valence-corrected chi connectivity index (χ0v) is 51.8. The summed E-state index contributed by atoms with van der Waals surface area (Å²) < 4.78 is 16.9. The minimum Gasteiger partial charge on any atom is -0.462 e. The lowest BCUT2D eigenvalue weighted by atomic mass is 10.1. The van der Waals surface area contributed by atoms with E-state index in [1.807, 2.05) is 0 Å². The fourth-order valence-electron chi connectivity index (χ4n) is 8.64. The first-order valence-electron chi connectivity index (χ1n) is 32.8. The van der Waals surface area contributed by atoms with E-state index < -0.39 is 6.10 Å². The van der Waals surface area contributed by atoms with Crippen LogP contribution < -0.4 is 0 Å². The minimum atomic E-state index is -0.800. The van der Waals surface area contributed by atoms with Gasteiger partial charge in [-0.25, -0.2) is 0 Å². The molecule has 0 spiro atoms. The molecule has 0 saturated carbocycles. The standard InChI is InChI=1S/C74H120O6/c1-4-7-10-13-16-19-22-25-27-29-30-31-32-33-34-35-36-37-38-39-40-41-42-43-44-46-47-49-52-55-58-61-64-67-73(76)79-70-71(69-78-72(75)66-63-60-57-54-51-24-21-18-15-12-9-6-3)80-74(77)68-65-62-59-56-53-50-48-45-28-26-23-20-17-14-11-8-5-2/h7,10,16-21,25-28,30-31,33-34,36-37,39-40,42-43,46-47,71H,4-6,8-9,11-15,22-24,29,32,35,38,41,44-45,48-70H2,1-3H3/b10-7-,19-16-,20-17-,21-18-,27-25-,28-26-,31-30-,34-33-,37-36-,40-39-,43-42-,47-46-. The van der Waals surface area contributed by atoms with Gasteiger partial charge >= 0.3 is 17.9 Å². The number of rotatable bonds is 58. The summed E-state index contributed by atoms with van der Waals surface area (Å²) in [5.41, 5.74) is 0. The number of hydrogen-bond acceptors (Lipinski definition) is 6. The van der Waals surface area contributed by atoms with Gasteiger partial charge < -0.3 is 14.2 Å². The van der Waals surface area contributed by atoms with E-state index in [0.717, 1.165) is 161 Å². The number of carbonyl (C=O) groups excluding carboxylic acids is 3. The average molecular weight is 1110 g/mol. The van der Waals surface area contributed by atoms with Crippen LogP contribution in [0.25, 0.3) is 0 Å². The second kappa shape index (κ2) is 66.8. The van der Waals surface area contributed by atoms with Crippen molar-refractivity contribution in [2.45, 2.75) is 290 Å². The Morgan fingerprint density at radius 2 is 0.487 bits per heavy atom. The molecule has 0 aliphatic carbocycles. The third kappa shape index (κ3) is 64.1. The van der Waals surface area contributed by atoms with Gasteiger partial charge in [-0.15, -0.1) is 0 Å². The van der Waals surface area contributed by atoms with Gasteiger partial charge in [0, 0.05) is 19.3 Å². The van der Waals surface area contributed by atoms with E-state index in [9.17, 15) is 14.4 Å². The van der Waals surface area contributed by atoms with E-state index in [0.29, 0.717) is 19.3 Å². The molecular formula is C74H120O6. The van der Waals surface area contributed by atoms with Gasteiger partial charge in [0.2, 0.25) is 0 Å². The van der Waals surface area contributed by atoms with Crippen molar-refractivity contribution in [2.75, 3.05) is 13.2 Å². The normalized spacial score (nSPS) is 13.1. The third-order valence-electron chi connectivity index (χ3n) is 13.5. The smallest absolute Gasteiger partial charge is 0.306 e. The van der Waals surface area contributed by atoms with Crippen molar-refractivity contribution in [2.24, 2.45) is 0 Å². The Morgan fingerprint density at radius 1 is 0.263 bits per heavy atom. The maximum absolute atomic E-state index is 12.9. The summed E-state index contributed by atoms with van der Waals surface area (Å²) in [6.07, 6.45) is 95.7. The van der Waals surface area contributed by atoms with Gasteiger partial charge in [-0.05, 0) is 148 Å². The molecular weight excluding hydrogens is 985 g/mol. The first kappa shape index (κ1) is 75.3. The Morgan fingerprint density at radius 3 is 0.775 bits per heavy atom. The topological polar surface area (TPSA) is 78.9 Å². The first-order valence-corrected chi connectivity index (χ1v) is 32.8. The molecule has 452 valence electrons. The van der Waals surface area contributed by atoms with Gasteiger partial charge in [-0.2, -0.15) is 0 Å². The minimum absolute atomic E-state index is 0.0955. The number of allylic oxidation sites excluding steroid dienone is 24. The fraction of sp³-hybridized carbons (Fsp3) is 0.635. The summed E-state index contributed by atoms with van der Waals surface area (Å²) in [6.45, 7) is 6.45. The van der Waals surface area contributed by atoms with Crippen molar-refractivity contribution in [3.8, 4) is 0 Å². The van der Waals surface area contributed by atoms with Crippen molar-refractivity contribution in [1.29, 1.82) is 0 Å². The van der Waals surface area contributed by atoms with Crippen LogP contribution in [0.3, 0.4) is 0 Å². The summed E-state index contributed by atoms with van der Waals surface area (Å²) in [5.74, 6) is -0.932. The van der Waals surface area contributed by atoms with Crippen LogP contribution in [0.5, 0.6) is 0 Å². The quantitative estimate of drug-likeness (QED) is 0.0261. The van der Waals surface area contributed by atoms with Crippen LogP contribution in [0.1, 0.15) is 284 Å². The van der Waals surface area contributed by atoms with E-state index in [1.54, 1.807) is 0 Å². The summed E-state index contributed by atoms with van der Waals surface area (Å²) in [4.78, 5) is 38.3. The first-order chi connectivity index (χ1) is 39.5. The lowest BCUT2D eigenvalue weighted by molar-refractivity contribution is -0.167. The third-order valence-corrected chi connectivity index (χ3v) is 13.5. The number of hydrogen-bond donors (Lipinski definition) is 0. The van der Waals surface area contributed by atoms with E-state index in [2.05, 4.69) is 167 Å². The van der Waals surface area contributed by atoms with Crippen molar-refractivity contribution >= 4 is 17.9 Å². The molecule has 1 atom stereocenters. The highest BCUT2D eigenvalue weighted by Crippen LogP contribution is 2.14. The van der Waals surface area contributed by atoms with E-state index >= 15 is 0 Å². The zero-order valence-electron chi connectivity index (χ0n) is 51.8. The van der Waals surface area contributed by atoms with Crippen LogP contribution >= 0.6 is 0 Å². The van der Waals surface area contributed by atoms with Crippen LogP contribution in [0.4, 0.5) is 0 Å². The number of unbranched alkanes of at least 4 members (excludes halogenated alkanes) is 23. The summed E-state index contributed by atoms with van der Waals surface area (Å²) >= 11 is 0. The molecule has 0 fully saturated rings. The Labute approximate surface area is 493 Å². The highest BCUT2D eigenvalue weighted by molar-refractivity contribution is 5.71. The molecule has 0 aliphatic heterocycles. The Hall–Kier alpha value is -4.71. The SMILES string of the molecule is CC/C=C\C/C=C\C/C=C\C/C=C\C/C=C\C/C=C\C/C=C\C/C=C\C/C=C\CCCCCCCC(=O)OCC(COC(=O)CCCCCCC/C=C\CCCCC)OC(=O)CCCCCCCCC/C=C\C/C=C\CCCCC. The van der Waals surface area contributed by atoms with Crippen molar-refractivity contribution in [3.05, 3.63) is 146 Å². The molecule has 6 heteroatoms. The zero-order chi connectivity index (χ0) is 57.8. The Balaban J connectivity index is 4.34. The summed E-state index contributed by atoms with van der Waals surface area (Å²) in [6, 6.07) is 0. The van der Waals surface area contributed by atoms with Crippen molar-refractivity contribution < 1.29 is 28.6 Å². The molecule has 0 rings (SSSR count). The van der Waals surface area contributed by atoms with Crippen LogP contribution in [-0.4, -0.2) is 37.2 Å². The summed E-state index contributed by atoms with van der Waals surface area (Å²) in [5, 5.41) is 0. The van der Waals surface area contributed by atoms with E-state index in [-0.39, 0.29) is 31.1 Å². The van der Waals surface area contributed by atoms with Gasteiger partial charge in [0.25, 0.3) is 0 Å². The predicted octanol–water partition coefficient (Wildman–Crippen LogP) is 22.7. The van der Waals surface area contributed by atoms with Crippen LogP contribution in [-0.2, 0) is 28.6 Å².